The summed E-state index contributed by atoms with van der Waals surface area (Å²) in [5.41, 5.74) is 7.90. The van der Waals surface area contributed by atoms with Crippen LogP contribution in [0.5, 0.6) is 11.5 Å². The molecule has 4 aromatic carbocycles. The zero-order valence-corrected chi connectivity index (χ0v) is 31.4. The number of hydrogen-bond donors (Lipinski definition) is 0. The van der Waals surface area contributed by atoms with Gasteiger partial charge < -0.3 is 9.30 Å². The van der Waals surface area contributed by atoms with Gasteiger partial charge in [0.05, 0.1) is 22.9 Å². The standard InChI is InChI=1S/C42H35N7O.Pt/c1-41(2,3)26-20-21-43-37(22-26)48-33-16-9-7-14-30(33)31-19-18-29(24-35(31)48)50-28-13-11-12-27(23-28)47-39-38(44-25-36(46-39)42(4,5)6)49-34-17-10-8-15-32(34)45-40(47)49;/h7-22,25H,1-6H3;/q-2;+2. The molecule has 9 heteroatoms. The van der Waals surface area contributed by atoms with Gasteiger partial charge in [0, 0.05) is 28.6 Å². The number of aromatic nitrogens is 7. The summed E-state index contributed by atoms with van der Waals surface area (Å²) in [7, 11) is 0. The Labute approximate surface area is 310 Å². The first-order valence-electron chi connectivity index (χ1n) is 16.8. The van der Waals surface area contributed by atoms with Gasteiger partial charge in [0.25, 0.3) is 0 Å². The molecular weight excluding hydrogens is 814 g/mol. The molecule has 9 rings (SSSR count). The van der Waals surface area contributed by atoms with Crippen molar-refractivity contribution in [2.45, 2.75) is 52.4 Å². The normalized spacial score (nSPS) is 12.4. The maximum Gasteiger partial charge on any atom is 2.00 e. The molecule has 0 aliphatic rings. The minimum absolute atomic E-state index is 0. The van der Waals surface area contributed by atoms with Gasteiger partial charge >= 0.3 is 21.1 Å². The summed E-state index contributed by atoms with van der Waals surface area (Å²) in [6, 6.07) is 37.7. The molecule has 254 valence electrons. The molecule has 0 unspecified atom stereocenters. The van der Waals surface area contributed by atoms with Gasteiger partial charge in [0.2, 0.25) is 5.78 Å². The molecule has 0 amide bonds. The third-order valence-corrected chi connectivity index (χ3v) is 9.28. The third-order valence-electron chi connectivity index (χ3n) is 9.28. The van der Waals surface area contributed by atoms with Gasteiger partial charge in [-0.2, -0.15) is 12.1 Å². The van der Waals surface area contributed by atoms with Crippen LogP contribution >= 0.6 is 0 Å². The number of rotatable bonds is 4. The molecule has 9 aromatic rings. The Morgan fingerprint density at radius 3 is 2.22 bits per heavy atom. The Balaban J connectivity index is 0.00000374. The van der Waals surface area contributed by atoms with Crippen LogP contribution in [0.1, 0.15) is 52.8 Å². The fourth-order valence-corrected chi connectivity index (χ4v) is 6.65. The van der Waals surface area contributed by atoms with Crippen molar-refractivity contribution in [2.24, 2.45) is 0 Å². The molecule has 51 heavy (non-hydrogen) atoms. The summed E-state index contributed by atoms with van der Waals surface area (Å²) >= 11 is 0. The van der Waals surface area contributed by atoms with Gasteiger partial charge in [-0.05, 0) is 46.7 Å². The van der Waals surface area contributed by atoms with E-state index in [2.05, 4.69) is 111 Å². The van der Waals surface area contributed by atoms with Crippen molar-refractivity contribution in [1.82, 2.24) is 33.5 Å². The molecule has 0 atom stereocenters. The monoisotopic (exact) mass is 848 g/mol. The number of para-hydroxylation sites is 3. The van der Waals surface area contributed by atoms with Gasteiger partial charge in [0.15, 0.2) is 11.3 Å². The zero-order chi connectivity index (χ0) is 34.4. The first-order valence-corrected chi connectivity index (χ1v) is 16.8. The summed E-state index contributed by atoms with van der Waals surface area (Å²) in [6.45, 7) is 13.1. The van der Waals surface area contributed by atoms with Crippen molar-refractivity contribution in [2.75, 3.05) is 0 Å². The van der Waals surface area contributed by atoms with E-state index in [4.69, 9.17) is 24.7 Å². The van der Waals surface area contributed by atoms with E-state index in [-0.39, 0.29) is 31.9 Å². The Morgan fingerprint density at radius 2 is 1.41 bits per heavy atom. The quantitative estimate of drug-likeness (QED) is 0.165. The van der Waals surface area contributed by atoms with Crippen LogP contribution in [0.15, 0.2) is 103 Å². The van der Waals surface area contributed by atoms with Gasteiger partial charge in [-0.25, -0.2) is 19.9 Å². The predicted octanol–water partition coefficient (Wildman–Crippen LogP) is 9.70. The van der Waals surface area contributed by atoms with Crippen LogP contribution in [0.4, 0.5) is 0 Å². The molecule has 0 N–H and O–H groups in total. The smallest absolute Gasteiger partial charge is 0.509 e. The first kappa shape index (κ1) is 32.8. The van der Waals surface area contributed by atoms with Crippen LogP contribution in [0.3, 0.4) is 0 Å². The maximum atomic E-state index is 6.53. The summed E-state index contributed by atoms with van der Waals surface area (Å²) in [4.78, 5) is 19.9. The number of pyridine rings is 1. The molecular formula is C42H35N7OPt. The second kappa shape index (κ2) is 11.9. The molecule has 0 saturated heterocycles. The Hall–Kier alpha value is -5.33. The van der Waals surface area contributed by atoms with Crippen molar-refractivity contribution in [3.05, 3.63) is 127 Å². The van der Waals surface area contributed by atoms with Crippen LogP contribution in [-0.2, 0) is 31.9 Å². The molecule has 5 heterocycles. The summed E-state index contributed by atoms with van der Waals surface area (Å²) < 4.78 is 12.8. The molecule has 0 aliphatic heterocycles. The van der Waals surface area contributed by atoms with E-state index in [1.54, 1.807) is 0 Å². The fraction of sp³-hybridized carbons (Fsp3) is 0.190. The predicted molar refractivity (Wildman–Crippen MR) is 199 cm³/mol. The Bertz CT molecular complexity index is 2780. The van der Waals surface area contributed by atoms with Crippen molar-refractivity contribution in [3.8, 4) is 23.0 Å². The van der Waals surface area contributed by atoms with Crippen LogP contribution in [0, 0.1) is 12.1 Å². The van der Waals surface area contributed by atoms with E-state index in [1.165, 1.54) is 5.56 Å². The molecule has 5 aromatic heterocycles. The molecule has 0 fully saturated rings. The van der Waals surface area contributed by atoms with E-state index in [0.29, 0.717) is 22.9 Å². The topological polar surface area (TPSA) is 75.1 Å². The average molecular weight is 849 g/mol. The van der Waals surface area contributed by atoms with Crippen LogP contribution < -0.4 is 4.74 Å². The second-order valence-electron chi connectivity index (χ2n) is 14.8. The number of hydrogen-bond acceptors (Lipinski definition) is 5. The Kier molecular flexibility index (Phi) is 7.65. The number of nitrogens with zero attached hydrogens (tertiary/aromatic N) is 7. The van der Waals surface area contributed by atoms with Crippen molar-refractivity contribution >= 4 is 49.9 Å². The third kappa shape index (κ3) is 5.40. The van der Waals surface area contributed by atoms with Gasteiger partial charge in [-0.1, -0.05) is 83.1 Å². The van der Waals surface area contributed by atoms with Crippen molar-refractivity contribution < 1.29 is 25.8 Å². The van der Waals surface area contributed by atoms with E-state index >= 15 is 0 Å². The average Bonchev–Trinajstić information content (AvgIpc) is 3.74. The van der Waals surface area contributed by atoms with E-state index in [0.717, 1.165) is 55.7 Å². The van der Waals surface area contributed by atoms with Crippen LogP contribution in [-0.4, -0.2) is 33.5 Å². The summed E-state index contributed by atoms with van der Waals surface area (Å²) in [5, 5.41) is 2.21. The minimum Gasteiger partial charge on any atom is -0.509 e. The molecule has 0 saturated carbocycles. The Morgan fingerprint density at radius 1 is 0.647 bits per heavy atom. The van der Waals surface area contributed by atoms with Crippen LogP contribution in [0.2, 0.25) is 0 Å². The second-order valence-corrected chi connectivity index (χ2v) is 14.8. The molecule has 0 bridgehead atoms. The van der Waals surface area contributed by atoms with E-state index in [1.807, 2.05) is 59.4 Å². The van der Waals surface area contributed by atoms with E-state index in [9.17, 15) is 0 Å². The van der Waals surface area contributed by atoms with Gasteiger partial charge in [0.1, 0.15) is 5.82 Å². The summed E-state index contributed by atoms with van der Waals surface area (Å²) in [6.07, 6.45) is 3.75. The van der Waals surface area contributed by atoms with Crippen LogP contribution in [0.25, 0.3) is 61.4 Å². The van der Waals surface area contributed by atoms with Gasteiger partial charge in [-0.3, -0.25) is 8.97 Å². The minimum atomic E-state index is -0.185. The first-order chi connectivity index (χ1) is 24.0. The zero-order valence-electron chi connectivity index (χ0n) is 29.2. The number of benzene rings is 4. The maximum absolute atomic E-state index is 6.53. The summed E-state index contributed by atoms with van der Waals surface area (Å²) in [5.74, 6) is 2.68. The SMILES string of the molecule is CC(C)(C)c1ccnc(-n2c3[c-]c(Oc4[c-]c(-n5c6nc(C(C)(C)C)cnc6n6c7ccccc7nc56)ccc4)ccc3c3ccccc32)c1.[Pt+2]. The molecule has 0 spiro atoms. The largest absolute Gasteiger partial charge is 2.00 e. The molecule has 0 aliphatic carbocycles. The van der Waals surface area contributed by atoms with Crippen molar-refractivity contribution in [1.29, 1.82) is 0 Å². The van der Waals surface area contributed by atoms with E-state index < -0.39 is 0 Å². The van der Waals surface area contributed by atoms with Crippen molar-refractivity contribution in [3.63, 3.8) is 0 Å². The number of ether oxygens (including phenoxy) is 1. The van der Waals surface area contributed by atoms with Gasteiger partial charge in [-0.15, -0.1) is 35.7 Å². The molecule has 0 radical (unpaired) electrons. The fourth-order valence-electron chi connectivity index (χ4n) is 6.65. The number of imidazole rings is 2. The number of fused-ring (bicyclic) bond motifs is 8. The molecule has 8 nitrogen and oxygen atoms in total.